The van der Waals surface area contributed by atoms with Crippen molar-refractivity contribution in [2.45, 2.75) is 0 Å². The van der Waals surface area contributed by atoms with Crippen molar-refractivity contribution >= 4 is 11.6 Å². The first-order valence-electron chi connectivity index (χ1n) is 6.03. The van der Waals surface area contributed by atoms with Crippen molar-refractivity contribution in [2.75, 3.05) is 39.1 Å². The first kappa shape index (κ1) is 15.0. The van der Waals surface area contributed by atoms with Gasteiger partial charge in [0, 0.05) is 32.0 Å². The van der Waals surface area contributed by atoms with E-state index in [1.807, 2.05) is 0 Å². The number of amides is 1. The molecule has 1 amide bonds. The maximum Gasteiger partial charge on any atom is 0.260 e. The summed E-state index contributed by atoms with van der Waals surface area (Å²) in [5, 5.41) is 0. The molecule has 0 fully saturated rings. The summed E-state index contributed by atoms with van der Waals surface area (Å²) in [7, 11) is 1.60. The molecular formula is C14H20N2O3. The van der Waals surface area contributed by atoms with Crippen molar-refractivity contribution in [3.8, 4) is 5.75 Å². The van der Waals surface area contributed by atoms with E-state index in [-0.39, 0.29) is 12.5 Å². The summed E-state index contributed by atoms with van der Waals surface area (Å²) < 4.78 is 10.4. The van der Waals surface area contributed by atoms with E-state index < -0.39 is 0 Å². The van der Waals surface area contributed by atoms with E-state index in [9.17, 15) is 4.79 Å². The molecule has 19 heavy (non-hydrogen) atoms. The molecular weight excluding hydrogens is 244 g/mol. The fraction of sp³-hybridized carbons (Fsp3) is 0.357. The van der Waals surface area contributed by atoms with E-state index in [1.54, 1.807) is 42.4 Å². The molecule has 5 heteroatoms. The van der Waals surface area contributed by atoms with Crippen molar-refractivity contribution in [3.05, 3.63) is 36.9 Å². The second-order valence-electron chi connectivity index (χ2n) is 3.98. The van der Waals surface area contributed by atoms with Gasteiger partial charge >= 0.3 is 0 Å². The van der Waals surface area contributed by atoms with Crippen molar-refractivity contribution in [1.82, 2.24) is 4.90 Å². The van der Waals surface area contributed by atoms with Gasteiger partial charge in [-0.15, -0.1) is 6.58 Å². The Labute approximate surface area is 113 Å². The van der Waals surface area contributed by atoms with Crippen LogP contribution < -0.4 is 10.5 Å². The lowest BCUT2D eigenvalue weighted by atomic mass is 10.3. The van der Waals surface area contributed by atoms with Crippen LogP contribution in [0, 0.1) is 0 Å². The van der Waals surface area contributed by atoms with Gasteiger partial charge in [0.05, 0.1) is 6.61 Å². The van der Waals surface area contributed by atoms with E-state index in [1.165, 1.54) is 0 Å². The Morgan fingerprint density at radius 1 is 1.53 bits per heavy atom. The standard InChI is InChI=1S/C14H20N2O3/c1-3-7-16(8-9-18-2)14(17)11-19-13-6-4-5-12(15)10-13/h3-6,10H,1,7-9,11,15H2,2H3. The molecule has 0 atom stereocenters. The average Bonchev–Trinajstić information content (AvgIpc) is 2.41. The third-order valence-electron chi connectivity index (χ3n) is 2.49. The number of nitrogens with zero attached hydrogens (tertiary/aromatic N) is 1. The van der Waals surface area contributed by atoms with Crippen molar-refractivity contribution in [3.63, 3.8) is 0 Å². The maximum absolute atomic E-state index is 12.0. The van der Waals surface area contributed by atoms with Crippen LogP contribution in [-0.4, -0.2) is 44.2 Å². The summed E-state index contributed by atoms with van der Waals surface area (Å²) in [5.41, 5.74) is 6.24. The van der Waals surface area contributed by atoms with Gasteiger partial charge in [-0.3, -0.25) is 4.79 Å². The highest BCUT2D eigenvalue weighted by molar-refractivity contribution is 5.78. The van der Waals surface area contributed by atoms with E-state index in [0.29, 0.717) is 31.1 Å². The SMILES string of the molecule is C=CCN(CCOC)C(=O)COc1cccc(N)c1. The number of methoxy groups -OCH3 is 1. The second-order valence-corrected chi connectivity index (χ2v) is 3.98. The van der Waals surface area contributed by atoms with Crippen LogP contribution in [0.4, 0.5) is 5.69 Å². The molecule has 104 valence electrons. The van der Waals surface area contributed by atoms with Crippen LogP contribution in [0.5, 0.6) is 5.75 Å². The van der Waals surface area contributed by atoms with Gasteiger partial charge < -0.3 is 20.1 Å². The van der Waals surface area contributed by atoms with Crippen LogP contribution in [0.2, 0.25) is 0 Å². The number of carbonyl (C=O) groups is 1. The Bertz CT molecular complexity index is 421. The molecule has 5 nitrogen and oxygen atoms in total. The van der Waals surface area contributed by atoms with E-state index in [2.05, 4.69) is 6.58 Å². The Morgan fingerprint density at radius 3 is 2.95 bits per heavy atom. The van der Waals surface area contributed by atoms with Gasteiger partial charge in [0.1, 0.15) is 5.75 Å². The van der Waals surface area contributed by atoms with Crippen LogP contribution in [-0.2, 0) is 9.53 Å². The molecule has 0 radical (unpaired) electrons. The average molecular weight is 264 g/mol. The summed E-state index contributed by atoms with van der Waals surface area (Å²) in [6.07, 6.45) is 1.67. The predicted molar refractivity (Wildman–Crippen MR) is 75.0 cm³/mol. The molecule has 0 aromatic heterocycles. The van der Waals surface area contributed by atoms with Crippen LogP contribution >= 0.6 is 0 Å². The molecule has 0 bridgehead atoms. The Kier molecular flexibility index (Phi) is 6.46. The van der Waals surface area contributed by atoms with Crippen LogP contribution in [0.15, 0.2) is 36.9 Å². The minimum absolute atomic E-state index is 0.0268. The first-order valence-corrected chi connectivity index (χ1v) is 6.03. The van der Waals surface area contributed by atoms with Gasteiger partial charge in [0.25, 0.3) is 5.91 Å². The number of benzene rings is 1. The fourth-order valence-corrected chi connectivity index (χ4v) is 1.52. The predicted octanol–water partition coefficient (Wildman–Crippen LogP) is 1.31. The Balaban J connectivity index is 2.49. The maximum atomic E-state index is 12.0. The van der Waals surface area contributed by atoms with Gasteiger partial charge in [0.2, 0.25) is 0 Å². The molecule has 2 N–H and O–H groups in total. The molecule has 1 aromatic rings. The van der Waals surface area contributed by atoms with Gasteiger partial charge in [-0.05, 0) is 12.1 Å². The fourth-order valence-electron chi connectivity index (χ4n) is 1.52. The summed E-state index contributed by atoms with van der Waals surface area (Å²) in [6.45, 7) is 5.08. The van der Waals surface area contributed by atoms with Crippen molar-refractivity contribution in [2.24, 2.45) is 0 Å². The van der Waals surface area contributed by atoms with Gasteiger partial charge in [-0.25, -0.2) is 0 Å². The van der Waals surface area contributed by atoms with Crippen LogP contribution in [0.3, 0.4) is 0 Å². The largest absolute Gasteiger partial charge is 0.484 e. The van der Waals surface area contributed by atoms with Crippen LogP contribution in [0.1, 0.15) is 0 Å². The summed E-state index contributed by atoms with van der Waals surface area (Å²) in [5.74, 6) is 0.470. The quantitative estimate of drug-likeness (QED) is 0.568. The Hall–Kier alpha value is -2.01. The number of nitrogen functional groups attached to an aromatic ring is 1. The Morgan fingerprint density at radius 2 is 2.32 bits per heavy atom. The van der Waals surface area contributed by atoms with Crippen LogP contribution in [0.25, 0.3) is 0 Å². The minimum atomic E-state index is -0.112. The lowest BCUT2D eigenvalue weighted by Crippen LogP contribution is -2.37. The normalized spacial score (nSPS) is 9.95. The monoisotopic (exact) mass is 264 g/mol. The number of anilines is 1. The van der Waals surface area contributed by atoms with E-state index >= 15 is 0 Å². The van der Waals surface area contributed by atoms with Gasteiger partial charge in [0.15, 0.2) is 6.61 Å². The lowest BCUT2D eigenvalue weighted by molar-refractivity contribution is -0.133. The zero-order valence-corrected chi connectivity index (χ0v) is 11.2. The number of nitrogens with two attached hydrogens (primary N) is 1. The third kappa shape index (κ3) is 5.44. The topological polar surface area (TPSA) is 64.8 Å². The number of rotatable bonds is 8. The molecule has 0 spiro atoms. The van der Waals surface area contributed by atoms with Gasteiger partial charge in [-0.2, -0.15) is 0 Å². The zero-order chi connectivity index (χ0) is 14.1. The zero-order valence-electron chi connectivity index (χ0n) is 11.2. The summed E-state index contributed by atoms with van der Waals surface area (Å²) in [4.78, 5) is 13.6. The van der Waals surface area contributed by atoms with Crippen molar-refractivity contribution in [1.29, 1.82) is 0 Å². The molecule has 1 aromatic carbocycles. The summed E-state index contributed by atoms with van der Waals surface area (Å²) in [6, 6.07) is 6.98. The van der Waals surface area contributed by atoms with E-state index in [4.69, 9.17) is 15.2 Å². The highest BCUT2D eigenvalue weighted by Gasteiger charge is 2.12. The van der Waals surface area contributed by atoms with Gasteiger partial charge in [-0.1, -0.05) is 12.1 Å². The highest BCUT2D eigenvalue weighted by atomic mass is 16.5. The molecule has 0 unspecified atom stereocenters. The molecule has 0 saturated carbocycles. The summed E-state index contributed by atoms with van der Waals surface area (Å²) >= 11 is 0. The third-order valence-corrected chi connectivity index (χ3v) is 2.49. The molecule has 1 rings (SSSR count). The smallest absolute Gasteiger partial charge is 0.260 e. The first-order chi connectivity index (χ1) is 9.17. The number of carbonyl (C=O) groups excluding carboxylic acids is 1. The number of hydrogen-bond donors (Lipinski definition) is 1. The highest BCUT2D eigenvalue weighted by Crippen LogP contribution is 2.14. The second kappa shape index (κ2) is 8.16. The molecule has 0 saturated heterocycles. The lowest BCUT2D eigenvalue weighted by Gasteiger charge is -2.20. The van der Waals surface area contributed by atoms with Crippen molar-refractivity contribution < 1.29 is 14.3 Å². The molecule has 0 aliphatic carbocycles. The number of ether oxygens (including phenoxy) is 2. The minimum Gasteiger partial charge on any atom is -0.484 e. The molecule has 0 heterocycles. The van der Waals surface area contributed by atoms with E-state index in [0.717, 1.165) is 0 Å². The molecule has 0 aliphatic rings. The number of hydrogen-bond acceptors (Lipinski definition) is 4. The molecule has 0 aliphatic heterocycles.